The van der Waals surface area contributed by atoms with Crippen LogP contribution in [0.1, 0.15) is 11.1 Å². The van der Waals surface area contributed by atoms with E-state index < -0.39 is 11.9 Å². The molecule has 4 aromatic rings. The van der Waals surface area contributed by atoms with Crippen molar-refractivity contribution in [2.24, 2.45) is 0 Å². The van der Waals surface area contributed by atoms with Gasteiger partial charge in [-0.1, -0.05) is 60.7 Å². The molecule has 0 amide bonds. The lowest BCUT2D eigenvalue weighted by molar-refractivity contribution is -0.137. The number of fused-ring (bicyclic) bond motifs is 2. The number of hydrogen-bond donors (Lipinski definition) is 3. The fourth-order valence-electron chi connectivity index (χ4n) is 3.05. The van der Waals surface area contributed by atoms with Crippen LogP contribution in [-0.4, -0.2) is 27.1 Å². The molecule has 0 aliphatic heterocycles. The standard InChI is InChI=1S/C12H10O2.C10H9NO2/c13-12(14)8-10-6-3-5-9-4-1-2-7-11(9)10;12-10(13)5-7-6-11-9-4-2-1-3-8(7)9/h1-7H,8H2,(H,13,14);1-4,6,11H,5H2,(H,12,13). The van der Waals surface area contributed by atoms with Crippen molar-refractivity contribution in [2.45, 2.75) is 12.8 Å². The van der Waals surface area contributed by atoms with E-state index in [0.717, 1.165) is 32.8 Å². The van der Waals surface area contributed by atoms with Crippen molar-refractivity contribution in [2.75, 3.05) is 0 Å². The van der Waals surface area contributed by atoms with E-state index in [1.54, 1.807) is 6.20 Å². The Morgan fingerprint density at radius 2 is 1.30 bits per heavy atom. The minimum atomic E-state index is -0.801. The molecule has 0 bridgehead atoms. The zero-order valence-corrected chi connectivity index (χ0v) is 14.6. The molecule has 1 heterocycles. The highest BCUT2D eigenvalue weighted by Crippen LogP contribution is 2.19. The van der Waals surface area contributed by atoms with Gasteiger partial charge in [-0.25, -0.2) is 0 Å². The van der Waals surface area contributed by atoms with E-state index >= 15 is 0 Å². The van der Waals surface area contributed by atoms with E-state index in [9.17, 15) is 9.59 Å². The van der Waals surface area contributed by atoms with E-state index in [-0.39, 0.29) is 12.8 Å². The second kappa shape index (κ2) is 8.19. The van der Waals surface area contributed by atoms with E-state index in [2.05, 4.69) is 4.98 Å². The summed E-state index contributed by atoms with van der Waals surface area (Å²) in [7, 11) is 0. The number of carboxylic acids is 2. The molecule has 0 saturated carbocycles. The van der Waals surface area contributed by atoms with Gasteiger partial charge in [-0.3, -0.25) is 9.59 Å². The minimum absolute atomic E-state index is 0.0734. The maximum Gasteiger partial charge on any atom is 0.307 e. The highest BCUT2D eigenvalue weighted by molar-refractivity contribution is 5.88. The molecule has 0 aliphatic carbocycles. The number of carbonyl (C=O) groups is 2. The average Bonchev–Trinajstić information content (AvgIpc) is 3.05. The van der Waals surface area contributed by atoms with Crippen molar-refractivity contribution < 1.29 is 19.8 Å². The van der Waals surface area contributed by atoms with E-state index in [1.807, 2.05) is 66.7 Å². The molecule has 0 atom stereocenters. The predicted octanol–water partition coefficient (Wildman–Crippen LogP) is 4.26. The first-order chi connectivity index (χ1) is 13.0. The fourth-order valence-corrected chi connectivity index (χ4v) is 3.05. The molecule has 0 unspecified atom stereocenters. The third-order valence-electron chi connectivity index (χ3n) is 4.24. The lowest BCUT2D eigenvalue weighted by atomic mass is 10.0. The smallest absolute Gasteiger partial charge is 0.307 e. The van der Waals surface area contributed by atoms with Crippen molar-refractivity contribution in [3.63, 3.8) is 0 Å². The van der Waals surface area contributed by atoms with Crippen LogP contribution >= 0.6 is 0 Å². The predicted molar refractivity (Wildman–Crippen MR) is 105 cm³/mol. The highest BCUT2D eigenvalue weighted by atomic mass is 16.4. The molecular formula is C22H19NO4. The van der Waals surface area contributed by atoms with Gasteiger partial charge in [0.15, 0.2) is 0 Å². The van der Waals surface area contributed by atoms with Crippen LogP contribution in [0.5, 0.6) is 0 Å². The van der Waals surface area contributed by atoms with Crippen LogP contribution < -0.4 is 0 Å². The minimum Gasteiger partial charge on any atom is -0.481 e. The second-order valence-corrected chi connectivity index (χ2v) is 6.14. The molecule has 5 nitrogen and oxygen atoms in total. The summed E-state index contributed by atoms with van der Waals surface area (Å²) in [5.74, 6) is -1.59. The molecule has 1 aromatic heterocycles. The Balaban J connectivity index is 0.000000156. The van der Waals surface area contributed by atoms with Gasteiger partial charge >= 0.3 is 11.9 Å². The lowest BCUT2D eigenvalue weighted by Crippen LogP contribution is -2.00. The first-order valence-electron chi connectivity index (χ1n) is 8.50. The van der Waals surface area contributed by atoms with Crippen molar-refractivity contribution in [1.82, 2.24) is 4.98 Å². The number of para-hydroxylation sites is 1. The van der Waals surface area contributed by atoms with Gasteiger partial charge in [-0.05, 0) is 28.0 Å². The van der Waals surface area contributed by atoms with Gasteiger partial charge in [-0.2, -0.15) is 0 Å². The second-order valence-electron chi connectivity index (χ2n) is 6.14. The van der Waals surface area contributed by atoms with Gasteiger partial charge < -0.3 is 15.2 Å². The zero-order chi connectivity index (χ0) is 19.2. The molecule has 5 heteroatoms. The number of aromatic nitrogens is 1. The van der Waals surface area contributed by atoms with Crippen LogP contribution in [0, 0.1) is 0 Å². The Morgan fingerprint density at radius 3 is 2.04 bits per heavy atom. The quantitative estimate of drug-likeness (QED) is 0.506. The van der Waals surface area contributed by atoms with Crippen LogP contribution in [0.3, 0.4) is 0 Å². The van der Waals surface area contributed by atoms with E-state index in [1.165, 1.54) is 0 Å². The van der Waals surface area contributed by atoms with Crippen LogP contribution in [0.15, 0.2) is 72.9 Å². The van der Waals surface area contributed by atoms with Gasteiger partial charge in [-0.15, -0.1) is 0 Å². The van der Waals surface area contributed by atoms with Gasteiger partial charge in [0.25, 0.3) is 0 Å². The summed E-state index contributed by atoms with van der Waals surface area (Å²) in [4.78, 5) is 24.1. The maximum atomic E-state index is 10.6. The third-order valence-corrected chi connectivity index (χ3v) is 4.24. The first kappa shape index (κ1) is 18.2. The molecule has 3 aromatic carbocycles. The fraction of sp³-hybridized carbons (Fsp3) is 0.0909. The summed E-state index contributed by atoms with van der Waals surface area (Å²) < 4.78 is 0. The normalized spacial score (nSPS) is 10.4. The summed E-state index contributed by atoms with van der Waals surface area (Å²) in [6.07, 6.45) is 1.91. The number of hydrogen-bond acceptors (Lipinski definition) is 2. The average molecular weight is 361 g/mol. The Morgan fingerprint density at radius 1 is 0.704 bits per heavy atom. The number of benzene rings is 3. The SMILES string of the molecule is O=C(O)Cc1c[nH]c2ccccc12.O=C(O)Cc1cccc2ccccc12. The van der Waals surface area contributed by atoms with Gasteiger partial charge in [0.05, 0.1) is 12.8 Å². The number of H-pyrrole nitrogens is 1. The highest BCUT2D eigenvalue weighted by Gasteiger charge is 2.06. The van der Waals surface area contributed by atoms with Gasteiger partial charge in [0.1, 0.15) is 0 Å². The monoisotopic (exact) mass is 361 g/mol. The maximum absolute atomic E-state index is 10.6. The Kier molecular flexibility index (Phi) is 5.52. The van der Waals surface area contributed by atoms with Crippen LogP contribution in [-0.2, 0) is 22.4 Å². The molecule has 0 radical (unpaired) electrons. The number of aliphatic carboxylic acids is 2. The third kappa shape index (κ3) is 4.52. The Hall–Kier alpha value is -3.60. The molecule has 27 heavy (non-hydrogen) atoms. The van der Waals surface area contributed by atoms with Crippen LogP contribution in [0.2, 0.25) is 0 Å². The van der Waals surface area contributed by atoms with E-state index in [4.69, 9.17) is 10.2 Å². The van der Waals surface area contributed by atoms with Gasteiger partial charge in [0, 0.05) is 17.1 Å². The summed E-state index contributed by atoms with van der Waals surface area (Å²) >= 11 is 0. The molecule has 3 N–H and O–H groups in total. The van der Waals surface area contributed by atoms with Gasteiger partial charge in [0.2, 0.25) is 0 Å². The summed E-state index contributed by atoms with van der Waals surface area (Å²) in [5, 5.41) is 20.5. The van der Waals surface area contributed by atoms with Crippen molar-refractivity contribution in [3.05, 3.63) is 84.1 Å². The molecule has 0 fully saturated rings. The number of nitrogens with one attached hydrogen (secondary N) is 1. The van der Waals surface area contributed by atoms with Crippen molar-refractivity contribution in [1.29, 1.82) is 0 Å². The number of rotatable bonds is 4. The van der Waals surface area contributed by atoms with Crippen LogP contribution in [0.25, 0.3) is 21.7 Å². The summed E-state index contributed by atoms with van der Waals surface area (Å²) in [5.41, 5.74) is 2.69. The number of carboxylic acid groups (broad SMARTS) is 2. The molecule has 0 spiro atoms. The zero-order valence-electron chi connectivity index (χ0n) is 14.6. The molecule has 136 valence electrons. The van der Waals surface area contributed by atoms with Crippen molar-refractivity contribution in [3.8, 4) is 0 Å². The van der Waals surface area contributed by atoms with Crippen LogP contribution in [0.4, 0.5) is 0 Å². The first-order valence-corrected chi connectivity index (χ1v) is 8.50. The largest absolute Gasteiger partial charge is 0.481 e. The summed E-state index contributed by atoms with van der Waals surface area (Å²) in [6, 6.07) is 21.2. The topological polar surface area (TPSA) is 90.4 Å². The Bertz CT molecular complexity index is 1090. The molecular weight excluding hydrogens is 342 g/mol. The van der Waals surface area contributed by atoms with E-state index in [0.29, 0.717) is 0 Å². The van der Waals surface area contributed by atoms with Crippen molar-refractivity contribution >= 4 is 33.6 Å². The summed E-state index contributed by atoms with van der Waals surface area (Å²) in [6.45, 7) is 0. The number of aromatic amines is 1. The Labute approximate surface area is 155 Å². The molecule has 4 rings (SSSR count). The lowest BCUT2D eigenvalue weighted by Gasteiger charge is -2.02. The molecule has 0 aliphatic rings. The molecule has 0 saturated heterocycles.